The Morgan fingerprint density at radius 1 is 1.17 bits per heavy atom. The Hall–Kier alpha value is -1.30. The van der Waals surface area contributed by atoms with Gasteiger partial charge in [0.05, 0.1) is 17.9 Å². The van der Waals surface area contributed by atoms with Crippen LogP contribution in [0, 0.1) is 0 Å². The molecule has 0 amide bonds. The van der Waals surface area contributed by atoms with Crippen molar-refractivity contribution in [1.82, 2.24) is 10.2 Å². The SMILES string of the molecule is CCNC[C@H](O)CN1CCN(c2ccccc2OC(C)C)CC1. The minimum Gasteiger partial charge on any atom is -0.489 e. The number of β-amino-alcohol motifs (C(OH)–C–C–N with tert-alkyl or cyclic N) is 1. The number of para-hydroxylation sites is 2. The quantitative estimate of drug-likeness (QED) is 0.761. The van der Waals surface area contributed by atoms with Gasteiger partial charge in [-0.15, -0.1) is 0 Å². The molecule has 1 aromatic carbocycles. The average molecular weight is 321 g/mol. The predicted molar refractivity (Wildman–Crippen MR) is 95.4 cm³/mol. The number of aliphatic hydroxyl groups is 1. The highest BCUT2D eigenvalue weighted by atomic mass is 16.5. The molecule has 130 valence electrons. The van der Waals surface area contributed by atoms with E-state index in [1.807, 2.05) is 12.1 Å². The van der Waals surface area contributed by atoms with Gasteiger partial charge in [-0.05, 0) is 32.5 Å². The maximum atomic E-state index is 10.0. The number of nitrogens with one attached hydrogen (secondary N) is 1. The highest BCUT2D eigenvalue weighted by molar-refractivity contribution is 5.58. The van der Waals surface area contributed by atoms with Crippen LogP contribution in [0.1, 0.15) is 20.8 Å². The molecule has 5 heteroatoms. The summed E-state index contributed by atoms with van der Waals surface area (Å²) in [6.45, 7) is 12.4. The lowest BCUT2D eigenvalue weighted by Crippen LogP contribution is -2.49. The highest BCUT2D eigenvalue weighted by Crippen LogP contribution is 2.29. The highest BCUT2D eigenvalue weighted by Gasteiger charge is 2.21. The zero-order chi connectivity index (χ0) is 16.7. The summed E-state index contributed by atoms with van der Waals surface area (Å²) >= 11 is 0. The van der Waals surface area contributed by atoms with Crippen molar-refractivity contribution in [1.29, 1.82) is 0 Å². The fraction of sp³-hybridized carbons (Fsp3) is 0.667. The summed E-state index contributed by atoms with van der Waals surface area (Å²) in [5.41, 5.74) is 1.18. The first-order chi connectivity index (χ1) is 11.1. The Balaban J connectivity index is 1.87. The fourth-order valence-electron chi connectivity index (χ4n) is 2.92. The molecule has 1 aromatic rings. The first-order valence-corrected chi connectivity index (χ1v) is 8.72. The van der Waals surface area contributed by atoms with Crippen LogP contribution in [0.5, 0.6) is 5.75 Å². The first kappa shape index (κ1) is 18.0. The van der Waals surface area contributed by atoms with Crippen LogP contribution in [0.4, 0.5) is 5.69 Å². The molecule has 2 rings (SSSR count). The van der Waals surface area contributed by atoms with Crippen molar-refractivity contribution in [3.8, 4) is 5.75 Å². The molecular weight excluding hydrogens is 290 g/mol. The molecule has 0 bridgehead atoms. The van der Waals surface area contributed by atoms with Crippen molar-refractivity contribution < 1.29 is 9.84 Å². The third kappa shape index (κ3) is 5.68. The van der Waals surface area contributed by atoms with Gasteiger partial charge in [0.25, 0.3) is 0 Å². The summed E-state index contributed by atoms with van der Waals surface area (Å²) in [5.74, 6) is 0.961. The van der Waals surface area contributed by atoms with Gasteiger partial charge in [-0.3, -0.25) is 4.90 Å². The normalized spacial score (nSPS) is 17.5. The van der Waals surface area contributed by atoms with E-state index in [1.165, 1.54) is 5.69 Å². The van der Waals surface area contributed by atoms with Crippen LogP contribution in [0.25, 0.3) is 0 Å². The number of rotatable bonds is 8. The summed E-state index contributed by atoms with van der Waals surface area (Å²) in [6.07, 6.45) is -0.114. The zero-order valence-corrected chi connectivity index (χ0v) is 14.7. The molecule has 1 aliphatic heterocycles. The minimum absolute atomic E-state index is 0.179. The van der Waals surface area contributed by atoms with E-state index in [0.717, 1.165) is 45.0 Å². The van der Waals surface area contributed by atoms with E-state index < -0.39 is 0 Å². The monoisotopic (exact) mass is 321 g/mol. The lowest BCUT2D eigenvalue weighted by Gasteiger charge is -2.37. The number of likely N-dealkylation sites (N-methyl/N-ethyl adjacent to an activating group) is 1. The predicted octanol–water partition coefficient (Wildman–Crippen LogP) is 1.57. The number of aliphatic hydroxyl groups excluding tert-OH is 1. The van der Waals surface area contributed by atoms with E-state index >= 15 is 0 Å². The summed E-state index contributed by atoms with van der Waals surface area (Å²) < 4.78 is 5.93. The van der Waals surface area contributed by atoms with Crippen molar-refractivity contribution in [3.05, 3.63) is 24.3 Å². The third-order valence-corrected chi connectivity index (χ3v) is 4.04. The van der Waals surface area contributed by atoms with E-state index in [4.69, 9.17) is 4.74 Å². The van der Waals surface area contributed by atoms with Crippen LogP contribution in [0.2, 0.25) is 0 Å². The molecule has 1 aliphatic rings. The van der Waals surface area contributed by atoms with Crippen LogP contribution in [0.3, 0.4) is 0 Å². The van der Waals surface area contributed by atoms with E-state index in [1.54, 1.807) is 0 Å². The molecule has 0 aliphatic carbocycles. The molecule has 0 saturated carbocycles. The van der Waals surface area contributed by atoms with Gasteiger partial charge in [-0.25, -0.2) is 0 Å². The van der Waals surface area contributed by atoms with Crippen LogP contribution in [0.15, 0.2) is 24.3 Å². The molecule has 2 N–H and O–H groups in total. The number of hydrogen-bond acceptors (Lipinski definition) is 5. The first-order valence-electron chi connectivity index (χ1n) is 8.72. The van der Waals surface area contributed by atoms with Crippen molar-refractivity contribution in [2.45, 2.75) is 33.0 Å². The summed E-state index contributed by atoms with van der Waals surface area (Å²) in [6, 6.07) is 8.26. The lowest BCUT2D eigenvalue weighted by atomic mass is 10.2. The molecule has 1 atom stereocenters. The molecular formula is C18H31N3O2. The standard InChI is InChI=1S/C18H31N3O2/c1-4-19-13-16(22)14-20-9-11-21(12-10-20)17-7-5-6-8-18(17)23-15(2)3/h5-8,15-16,19,22H,4,9-14H2,1-3H3/t16-/m0/s1. The number of hydrogen-bond donors (Lipinski definition) is 2. The Morgan fingerprint density at radius 2 is 1.87 bits per heavy atom. The van der Waals surface area contributed by atoms with Crippen molar-refractivity contribution in [2.75, 3.05) is 50.7 Å². The molecule has 5 nitrogen and oxygen atoms in total. The Labute approximate surface area is 140 Å². The number of benzene rings is 1. The van der Waals surface area contributed by atoms with Gasteiger partial charge in [0.2, 0.25) is 0 Å². The number of piperazine rings is 1. The maximum Gasteiger partial charge on any atom is 0.142 e. The second-order valence-corrected chi connectivity index (χ2v) is 6.38. The topological polar surface area (TPSA) is 48.0 Å². The van der Waals surface area contributed by atoms with Crippen LogP contribution in [-0.4, -0.2) is 68.0 Å². The number of nitrogens with zero attached hydrogens (tertiary/aromatic N) is 2. The van der Waals surface area contributed by atoms with Gasteiger partial charge in [0.15, 0.2) is 0 Å². The average Bonchev–Trinajstić information content (AvgIpc) is 2.54. The molecule has 1 saturated heterocycles. The van der Waals surface area contributed by atoms with Gasteiger partial charge in [-0.1, -0.05) is 19.1 Å². The molecule has 0 unspecified atom stereocenters. The van der Waals surface area contributed by atoms with Crippen molar-refractivity contribution in [2.24, 2.45) is 0 Å². The summed E-state index contributed by atoms with van der Waals surface area (Å²) in [4.78, 5) is 4.72. The van der Waals surface area contributed by atoms with E-state index in [9.17, 15) is 5.11 Å². The Bertz CT molecular complexity index is 459. The fourth-order valence-corrected chi connectivity index (χ4v) is 2.92. The van der Waals surface area contributed by atoms with Gasteiger partial charge in [0, 0.05) is 39.3 Å². The second kappa shape index (κ2) is 9.11. The zero-order valence-electron chi connectivity index (χ0n) is 14.7. The molecule has 0 aromatic heterocycles. The van der Waals surface area contributed by atoms with Crippen molar-refractivity contribution >= 4 is 5.69 Å². The third-order valence-electron chi connectivity index (χ3n) is 4.04. The van der Waals surface area contributed by atoms with Gasteiger partial charge < -0.3 is 20.1 Å². The maximum absolute atomic E-state index is 10.0. The molecule has 1 heterocycles. The number of ether oxygens (including phenoxy) is 1. The van der Waals surface area contributed by atoms with Gasteiger partial charge in [-0.2, -0.15) is 0 Å². The Kier molecular flexibility index (Phi) is 7.15. The van der Waals surface area contributed by atoms with Crippen LogP contribution in [-0.2, 0) is 0 Å². The number of anilines is 1. The van der Waals surface area contributed by atoms with E-state index in [0.29, 0.717) is 6.54 Å². The largest absolute Gasteiger partial charge is 0.489 e. The second-order valence-electron chi connectivity index (χ2n) is 6.38. The minimum atomic E-state index is -0.293. The Morgan fingerprint density at radius 3 is 2.52 bits per heavy atom. The lowest BCUT2D eigenvalue weighted by molar-refractivity contribution is 0.108. The smallest absolute Gasteiger partial charge is 0.142 e. The van der Waals surface area contributed by atoms with E-state index in [2.05, 4.69) is 48.0 Å². The van der Waals surface area contributed by atoms with Gasteiger partial charge in [0.1, 0.15) is 5.75 Å². The molecule has 23 heavy (non-hydrogen) atoms. The van der Waals surface area contributed by atoms with E-state index in [-0.39, 0.29) is 12.2 Å². The molecule has 0 spiro atoms. The van der Waals surface area contributed by atoms with Crippen LogP contribution < -0.4 is 15.0 Å². The summed E-state index contributed by atoms with van der Waals surface area (Å²) in [7, 11) is 0. The van der Waals surface area contributed by atoms with Gasteiger partial charge >= 0.3 is 0 Å². The summed E-state index contributed by atoms with van der Waals surface area (Å²) in [5, 5.41) is 13.2. The van der Waals surface area contributed by atoms with Crippen molar-refractivity contribution in [3.63, 3.8) is 0 Å². The molecule has 0 radical (unpaired) electrons. The van der Waals surface area contributed by atoms with Crippen LogP contribution >= 0.6 is 0 Å². The molecule has 1 fully saturated rings.